The molecule has 0 unspecified atom stereocenters. The van der Waals surface area contributed by atoms with Crippen LogP contribution in [0.4, 0.5) is 4.39 Å². The average Bonchev–Trinajstić information content (AvgIpc) is 2.61. The molecule has 0 aliphatic carbocycles. The quantitative estimate of drug-likeness (QED) is 0.586. The lowest BCUT2D eigenvalue weighted by Gasteiger charge is -2.03. The Morgan fingerprint density at radius 1 is 0.962 bits per heavy atom. The molecule has 0 aromatic heterocycles. The zero-order valence-corrected chi connectivity index (χ0v) is 14.0. The van der Waals surface area contributed by atoms with E-state index in [4.69, 9.17) is 9.84 Å². The predicted molar refractivity (Wildman–Crippen MR) is 95.4 cm³/mol. The Morgan fingerprint density at radius 3 is 2.08 bits per heavy atom. The van der Waals surface area contributed by atoms with Crippen LogP contribution >= 0.6 is 0 Å². The second-order valence-corrected chi connectivity index (χ2v) is 5.42. The van der Waals surface area contributed by atoms with Crippen molar-refractivity contribution >= 4 is 23.7 Å². The molecule has 26 heavy (non-hydrogen) atoms. The molecule has 2 aromatic rings. The van der Waals surface area contributed by atoms with Gasteiger partial charge in [0.1, 0.15) is 0 Å². The molecule has 0 atom stereocenters. The zero-order valence-electron chi connectivity index (χ0n) is 14.0. The van der Waals surface area contributed by atoms with Crippen molar-refractivity contribution in [1.82, 2.24) is 0 Å². The van der Waals surface area contributed by atoms with Gasteiger partial charge in [-0.15, -0.1) is 0 Å². The van der Waals surface area contributed by atoms with Crippen LogP contribution in [0.15, 0.2) is 48.6 Å². The van der Waals surface area contributed by atoms with Gasteiger partial charge in [-0.2, -0.15) is 0 Å². The molecule has 2 aromatic carbocycles. The average molecular weight is 356 g/mol. The highest BCUT2D eigenvalue weighted by Gasteiger charge is 2.05. The Kier molecular flexibility index (Phi) is 6.27. The van der Waals surface area contributed by atoms with Crippen LogP contribution in [0.3, 0.4) is 0 Å². The number of phenols is 2. The van der Waals surface area contributed by atoms with Gasteiger partial charge in [-0.25, -0.2) is 4.39 Å². The van der Waals surface area contributed by atoms with Crippen LogP contribution in [0.25, 0.3) is 12.2 Å². The smallest absolute Gasteiger partial charge is 0.165 e. The van der Waals surface area contributed by atoms with E-state index in [1.807, 2.05) is 0 Å². The van der Waals surface area contributed by atoms with Gasteiger partial charge >= 0.3 is 0 Å². The Labute approximate surface area is 149 Å². The van der Waals surface area contributed by atoms with Crippen molar-refractivity contribution in [3.8, 4) is 17.2 Å². The number of benzene rings is 2. The minimum Gasteiger partial charge on any atom is -0.505 e. The van der Waals surface area contributed by atoms with Gasteiger partial charge < -0.3 is 14.9 Å². The highest BCUT2D eigenvalue weighted by Crippen LogP contribution is 2.26. The van der Waals surface area contributed by atoms with Crippen LogP contribution in [0.5, 0.6) is 17.2 Å². The van der Waals surface area contributed by atoms with Crippen molar-refractivity contribution in [2.75, 3.05) is 7.11 Å². The van der Waals surface area contributed by atoms with Crippen LogP contribution in [-0.2, 0) is 9.59 Å². The molecule has 0 saturated heterocycles. The van der Waals surface area contributed by atoms with Gasteiger partial charge in [0.25, 0.3) is 0 Å². The molecule has 0 aliphatic heterocycles. The van der Waals surface area contributed by atoms with Crippen molar-refractivity contribution in [3.05, 3.63) is 65.5 Å². The predicted octanol–water partition coefficient (Wildman–Crippen LogP) is 3.50. The summed E-state index contributed by atoms with van der Waals surface area (Å²) >= 11 is 0. The first-order valence-corrected chi connectivity index (χ1v) is 7.66. The Bertz CT molecular complexity index is 884. The summed E-state index contributed by atoms with van der Waals surface area (Å²) < 4.78 is 18.1. The number of rotatable bonds is 7. The van der Waals surface area contributed by atoms with Gasteiger partial charge in [0.05, 0.1) is 13.5 Å². The van der Waals surface area contributed by atoms with Gasteiger partial charge in [-0.05, 0) is 47.5 Å². The van der Waals surface area contributed by atoms with Crippen LogP contribution < -0.4 is 4.74 Å². The van der Waals surface area contributed by atoms with Crippen LogP contribution in [0.1, 0.15) is 17.5 Å². The van der Waals surface area contributed by atoms with E-state index < -0.39 is 23.1 Å². The number of phenolic OH excluding ortho intramolecular Hbond substituents is 2. The molecule has 0 aliphatic rings. The Balaban J connectivity index is 1.94. The number of carbonyl (C=O) groups is 2. The topological polar surface area (TPSA) is 83.8 Å². The lowest BCUT2D eigenvalue weighted by molar-refractivity contribution is -0.121. The van der Waals surface area contributed by atoms with Crippen molar-refractivity contribution in [2.24, 2.45) is 0 Å². The van der Waals surface area contributed by atoms with E-state index in [1.54, 1.807) is 12.1 Å². The monoisotopic (exact) mass is 356 g/mol. The van der Waals surface area contributed by atoms with E-state index in [0.29, 0.717) is 16.9 Å². The maximum atomic E-state index is 13.2. The number of hydrogen-bond donors (Lipinski definition) is 2. The maximum Gasteiger partial charge on any atom is 0.165 e. The standard InChI is InChI=1S/C20H17FO5/c1-26-20-9-5-14(11-19(20)25)3-7-16(23)12-15(22)6-2-13-4-8-18(24)17(21)10-13/h2-11,24-25H,12H2,1H3. The summed E-state index contributed by atoms with van der Waals surface area (Å²) in [5, 5.41) is 18.8. The van der Waals surface area contributed by atoms with E-state index in [2.05, 4.69) is 0 Å². The summed E-state index contributed by atoms with van der Waals surface area (Å²) in [7, 11) is 1.43. The lowest BCUT2D eigenvalue weighted by Crippen LogP contribution is -2.01. The van der Waals surface area contributed by atoms with Gasteiger partial charge in [0.15, 0.2) is 34.6 Å². The fourth-order valence-corrected chi connectivity index (χ4v) is 2.11. The van der Waals surface area contributed by atoms with E-state index in [9.17, 15) is 19.1 Å². The molecular formula is C20H17FO5. The van der Waals surface area contributed by atoms with Crippen molar-refractivity contribution in [3.63, 3.8) is 0 Å². The molecule has 0 bridgehead atoms. The van der Waals surface area contributed by atoms with E-state index in [1.165, 1.54) is 49.6 Å². The maximum absolute atomic E-state index is 13.2. The Morgan fingerprint density at radius 2 is 1.54 bits per heavy atom. The molecule has 134 valence electrons. The molecule has 0 fully saturated rings. The summed E-state index contributed by atoms with van der Waals surface area (Å²) in [6.45, 7) is 0. The van der Waals surface area contributed by atoms with Crippen molar-refractivity contribution in [2.45, 2.75) is 6.42 Å². The van der Waals surface area contributed by atoms with Gasteiger partial charge in [0, 0.05) is 0 Å². The lowest BCUT2D eigenvalue weighted by atomic mass is 10.1. The number of hydrogen-bond acceptors (Lipinski definition) is 5. The number of carbonyl (C=O) groups excluding carboxylic acids is 2. The third-order valence-corrected chi connectivity index (χ3v) is 3.45. The highest BCUT2D eigenvalue weighted by atomic mass is 19.1. The first-order valence-electron chi connectivity index (χ1n) is 7.66. The molecule has 0 amide bonds. The third kappa shape index (κ3) is 5.31. The van der Waals surface area contributed by atoms with Gasteiger partial charge in [-0.3, -0.25) is 9.59 Å². The molecule has 2 N–H and O–H groups in total. The molecule has 2 rings (SSSR count). The highest BCUT2D eigenvalue weighted by molar-refractivity contribution is 6.10. The number of aromatic hydroxyl groups is 2. The first-order chi connectivity index (χ1) is 12.4. The molecule has 5 nitrogen and oxygen atoms in total. The van der Waals surface area contributed by atoms with E-state index in [-0.39, 0.29) is 12.2 Å². The number of allylic oxidation sites excluding steroid dienone is 2. The summed E-state index contributed by atoms with van der Waals surface area (Å²) in [5.74, 6) is -1.85. The van der Waals surface area contributed by atoms with Crippen LogP contribution in [0, 0.1) is 5.82 Å². The summed E-state index contributed by atoms with van der Waals surface area (Å²) in [4.78, 5) is 23.6. The Hall–Kier alpha value is -3.41. The number of ether oxygens (including phenoxy) is 1. The van der Waals surface area contributed by atoms with Crippen LogP contribution in [-0.4, -0.2) is 28.9 Å². The summed E-state index contributed by atoms with van der Waals surface area (Å²) in [6, 6.07) is 8.35. The second-order valence-electron chi connectivity index (χ2n) is 5.42. The number of halogens is 1. The second kappa shape index (κ2) is 8.62. The zero-order chi connectivity index (χ0) is 19.1. The summed E-state index contributed by atoms with van der Waals surface area (Å²) in [6.07, 6.45) is 4.93. The van der Waals surface area contributed by atoms with E-state index >= 15 is 0 Å². The molecule has 0 spiro atoms. The minimum atomic E-state index is -0.790. The molecule has 6 heteroatoms. The SMILES string of the molecule is COc1ccc(C=CC(=O)CC(=O)C=Cc2ccc(O)c(F)c2)cc1O. The minimum absolute atomic E-state index is 0.0535. The van der Waals surface area contributed by atoms with Crippen LogP contribution in [0.2, 0.25) is 0 Å². The first kappa shape index (κ1) is 18.9. The normalized spacial score (nSPS) is 11.2. The molecule has 0 heterocycles. The molecular weight excluding hydrogens is 339 g/mol. The van der Waals surface area contributed by atoms with Crippen molar-refractivity contribution < 1.29 is 28.9 Å². The summed E-state index contributed by atoms with van der Waals surface area (Å²) in [5.41, 5.74) is 0.976. The van der Waals surface area contributed by atoms with Crippen molar-refractivity contribution in [1.29, 1.82) is 0 Å². The number of ketones is 2. The molecule has 0 saturated carbocycles. The fourth-order valence-electron chi connectivity index (χ4n) is 2.11. The van der Waals surface area contributed by atoms with Gasteiger partial charge in [0.2, 0.25) is 0 Å². The molecule has 0 radical (unpaired) electrons. The third-order valence-electron chi connectivity index (χ3n) is 3.45. The number of methoxy groups -OCH3 is 1. The van der Waals surface area contributed by atoms with E-state index in [0.717, 1.165) is 6.07 Å². The fraction of sp³-hybridized carbons (Fsp3) is 0.100. The largest absolute Gasteiger partial charge is 0.505 e. The van der Waals surface area contributed by atoms with Gasteiger partial charge in [-0.1, -0.05) is 24.3 Å².